The Hall–Kier alpha value is -3.35. The Balaban J connectivity index is 1.51. The number of benzene rings is 2. The lowest BCUT2D eigenvalue weighted by Gasteiger charge is -2.27. The molecule has 158 valence electrons. The van der Waals surface area contributed by atoms with Crippen LogP contribution < -0.4 is 10.1 Å². The summed E-state index contributed by atoms with van der Waals surface area (Å²) in [4.78, 5) is 18.4. The molecule has 0 fully saturated rings. The molecule has 0 bridgehead atoms. The average molecular weight is 408 g/mol. The quantitative estimate of drug-likeness (QED) is 0.613. The number of carbonyl (C=O) groups is 1. The molecule has 2 atom stereocenters. The first kappa shape index (κ1) is 21.4. The smallest absolute Gasteiger partial charge is 0.317 e. The van der Waals surface area contributed by atoms with Gasteiger partial charge in [-0.3, -0.25) is 0 Å². The Morgan fingerprint density at radius 3 is 2.43 bits per heavy atom. The molecule has 3 aromatic rings. The van der Waals surface area contributed by atoms with Crippen LogP contribution in [0.2, 0.25) is 0 Å². The molecule has 0 spiro atoms. The maximum absolute atomic E-state index is 12.7. The fraction of sp³-hybridized carbons (Fsp3) is 0.348. The zero-order valence-corrected chi connectivity index (χ0v) is 17.9. The van der Waals surface area contributed by atoms with E-state index in [1.54, 1.807) is 23.0 Å². The lowest BCUT2D eigenvalue weighted by Crippen LogP contribution is -2.43. The molecule has 0 radical (unpaired) electrons. The highest BCUT2D eigenvalue weighted by molar-refractivity contribution is 5.74. The molecule has 0 saturated heterocycles. The van der Waals surface area contributed by atoms with Crippen LogP contribution in [0.4, 0.5) is 4.79 Å². The van der Waals surface area contributed by atoms with Crippen LogP contribution in [-0.2, 0) is 6.42 Å². The normalized spacial score (nSPS) is 12.8. The highest BCUT2D eigenvalue weighted by Gasteiger charge is 2.19. The maximum atomic E-state index is 12.7. The molecule has 3 rings (SSSR count). The van der Waals surface area contributed by atoms with Crippen LogP contribution >= 0.6 is 0 Å². The third-order valence-corrected chi connectivity index (χ3v) is 5.36. The second kappa shape index (κ2) is 9.91. The number of hydrogen-bond donors (Lipinski definition) is 1. The Morgan fingerprint density at radius 2 is 1.83 bits per heavy atom. The molecule has 0 aliphatic carbocycles. The monoisotopic (exact) mass is 407 g/mol. The zero-order valence-electron chi connectivity index (χ0n) is 17.9. The zero-order chi connectivity index (χ0) is 21.5. The third kappa shape index (κ3) is 5.37. The van der Waals surface area contributed by atoms with Crippen LogP contribution in [0.5, 0.6) is 5.75 Å². The van der Waals surface area contributed by atoms with Crippen LogP contribution in [0.1, 0.15) is 37.4 Å². The van der Waals surface area contributed by atoms with E-state index in [2.05, 4.69) is 27.5 Å². The number of methoxy groups -OCH3 is 1. The van der Waals surface area contributed by atoms with Crippen molar-refractivity contribution in [2.45, 2.75) is 38.8 Å². The minimum Gasteiger partial charge on any atom is -0.497 e. The third-order valence-electron chi connectivity index (χ3n) is 5.36. The maximum Gasteiger partial charge on any atom is 0.317 e. The fourth-order valence-electron chi connectivity index (χ4n) is 3.21. The number of urea groups is 1. The van der Waals surface area contributed by atoms with Crippen LogP contribution in [0.15, 0.2) is 61.2 Å². The Kier molecular flexibility index (Phi) is 7.06. The highest BCUT2D eigenvalue weighted by Crippen LogP contribution is 2.20. The van der Waals surface area contributed by atoms with Crippen molar-refractivity contribution in [3.8, 4) is 11.4 Å². The predicted molar refractivity (Wildman–Crippen MR) is 117 cm³/mol. The van der Waals surface area contributed by atoms with Gasteiger partial charge in [0.25, 0.3) is 0 Å². The molecular weight excluding hydrogens is 378 g/mol. The van der Waals surface area contributed by atoms with E-state index in [0.717, 1.165) is 29.8 Å². The minimum absolute atomic E-state index is 0.0522. The van der Waals surface area contributed by atoms with E-state index >= 15 is 0 Å². The van der Waals surface area contributed by atoms with E-state index in [0.29, 0.717) is 0 Å². The summed E-state index contributed by atoms with van der Waals surface area (Å²) in [5, 5.41) is 7.23. The van der Waals surface area contributed by atoms with E-state index in [1.165, 1.54) is 11.9 Å². The van der Waals surface area contributed by atoms with Gasteiger partial charge < -0.3 is 15.0 Å². The van der Waals surface area contributed by atoms with Crippen LogP contribution in [0, 0.1) is 0 Å². The first-order chi connectivity index (χ1) is 14.5. The first-order valence-corrected chi connectivity index (χ1v) is 10.1. The molecule has 7 heteroatoms. The molecule has 2 aromatic carbocycles. The van der Waals surface area contributed by atoms with Crippen molar-refractivity contribution >= 4 is 6.03 Å². The summed E-state index contributed by atoms with van der Waals surface area (Å²) in [7, 11) is 3.48. The van der Waals surface area contributed by atoms with Gasteiger partial charge >= 0.3 is 6.03 Å². The number of rotatable bonds is 8. The van der Waals surface area contributed by atoms with Crippen molar-refractivity contribution in [3.05, 3.63) is 72.3 Å². The van der Waals surface area contributed by atoms with Crippen LogP contribution in [0.25, 0.3) is 5.69 Å². The van der Waals surface area contributed by atoms with Gasteiger partial charge in [-0.25, -0.2) is 14.5 Å². The summed E-state index contributed by atoms with van der Waals surface area (Å²) < 4.78 is 6.89. The molecule has 0 saturated carbocycles. The first-order valence-electron chi connectivity index (χ1n) is 10.1. The summed E-state index contributed by atoms with van der Waals surface area (Å²) in [6.45, 7) is 4.05. The summed E-state index contributed by atoms with van der Waals surface area (Å²) >= 11 is 0. The Bertz CT molecular complexity index is 923. The molecule has 7 nitrogen and oxygen atoms in total. The molecule has 1 N–H and O–H groups in total. The van der Waals surface area contributed by atoms with Crippen molar-refractivity contribution in [2.24, 2.45) is 0 Å². The van der Waals surface area contributed by atoms with Crippen molar-refractivity contribution in [1.82, 2.24) is 25.0 Å². The molecule has 2 unspecified atom stereocenters. The molecule has 1 heterocycles. The largest absolute Gasteiger partial charge is 0.497 e. The standard InChI is InChI=1S/C23H29N5O2/c1-17(5-6-19-7-13-22(30-4)14-8-19)26-23(29)27(3)18(2)20-9-11-21(12-10-20)28-16-24-15-25-28/h7-18H,5-6H2,1-4H3,(H,26,29). The van der Waals surface area contributed by atoms with E-state index in [4.69, 9.17) is 4.74 Å². The molecule has 2 amide bonds. The van der Waals surface area contributed by atoms with Gasteiger partial charge in [0.2, 0.25) is 0 Å². The molecule has 0 aliphatic rings. The van der Waals surface area contributed by atoms with Gasteiger partial charge in [0.15, 0.2) is 0 Å². The number of aromatic nitrogens is 3. The van der Waals surface area contributed by atoms with E-state index in [1.807, 2.05) is 57.3 Å². The number of ether oxygens (including phenoxy) is 1. The number of carbonyl (C=O) groups excluding carboxylic acids is 1. The summed E-state index contributed by atoms with van der Waals surface area (Å²) in [6.07, 6.45) is 4.93. The second-order valence-electron chi connectivity index (χ2n) is 7.46. The lowest BCUT2D eigenvalue weighted by atomic mass is 10.1. The predicted octanol–water partition coefficient (Wildman–Crippen LogP) is 4.00. The van der Waals surface area contributed by atoms with E-state index in [-0.39, 0.29) is 18.1 Å². The van der Waals surface area contributed by atoms with Gasteiger partial charge in [-0.15, -0.1) is 0 Å². The summed E-state index contributed by atoms with van der Waals surface area (Å²) in [5.74, 6) is 0.852. The van der Waals surface area contributed by atoms with Gasteiger partial charge in [0, 0.05) is 13.1 Å². The summed E-state index contributed by atoms with van der Waals surface area (Å²) in [6, 6.07) is 16.0. The molecule has 30 heavy (non-hydrogen) atoms. The average Bonchev–Trinajstić information content (AvgIpc) is 3.32. The second-order valence-corrected chi connectivity index (χ2v) is 7.46. The van der Waals surface area contributed by atoms with Crippen molar-refractivity contribution in [1.29, 1.82) is 0 Å². The van der Waals surface area contributed by atoms with Crippen molar-refractivity contribution in [2.75, 3.05) is 14.2 Å². The van der Waals surface area contributed by atoms with Crippen LogP contribution in [-0.4, -0.2) is 45.9 Å². The highest BCUT2D eigenvalue weighted by atomic mass is 16.5. The Labute approximate surface area is 177 Å². The van der Waals surface area contributed by atoms with E-state index in [9.17, 15) is 4.79 Å². The molecule has 1 aromatic heterocycles. The van der Waals surface area contributed by atoms with Gasteiger partial charge in [0.1, 0.15) is 18.4 Å². The SMILES string of the molecule is COc1ccc(CCC(C)NC(=O)N(C)C(C)c2ccc(-n3cncn3)cc2)cc1. The van der Waals surface area contributed by atoms with Crippen LogP contribution in [0.3, 0.4) is 0 Å². The molecular formula is C23H29N5O2. The minimum atomic E-state index is -0.0786. The number of amides is 2. The fourth-order valence-corrected chi connectivity index (χ4v) is 3.21. The number of aryl methyl sites for hydroxylation is 1. The van der Waals surface area contributed by atoms with Gasteiger partial charge in [0.05, 0.1) is 18.8 Å². The topological polar surface area (TPSA) is 72.3 Å². The van der Waals surface area contributed by atoms with E-state index < -0.39 is 0 Å². The summed E-state index contributed by atoms with van der Waals surface area (Å²) in [5.41, 5.74) is 3.22. The van der Waals surface area contributed by atoms with Gasteiger partial charge in [-0.2, -0.15) is 5.10 Å². The van der Waals surface area contributed by atoms with Crippen molar-refractivity contribution in [3.63, 3.8) is 0 Å². The van der Waals surface area contributed by atoms with Gasteiger partial charge in [-0.1, -0.05) is 24.3 Å². The van der Waals surface area contributed by atoms with Crippen molar-refractivity contribution < 1.29 is 9.53 Å². The molecule has 0 aliphatic heterocycles. The Morgan fingerprint density at radius 1 is 1.13 bits per heavy atom. The lowest BCUT2D eigenvalue weighted by molar-refractivity contribution is 0.190. The number of hydrogen-bond acceptors (Lipinski definition) is 4. The number of nitrogens with zero attached hydrogens (tertiary/aromatic N) is 4. The van der Waals surface area contributed by atoms with Gasteiger partial charge in [-0.05, 0) is 62.1 Å². The number of nitrogens with one attached hydrogen (secondary N) is 1.